The second-order valence-electron chi connectivity index (χ2n) is 4.25. The first kappa shape index (κ1) is 12.5. The molecule has 2 N–H and O–H groups in total. The minimum atomic E-state index is -0.537. The van der Waals surface area contributed by atoms with Gasteiger partial charge in [0, 0.05) is 10.4 Å². The van der Waals surface area contributed by atoms with Crippen LogP contribution in [0.4, 0.5) is 8.78 Å². The summed E-state index contributed by atoms with van der Waals surface area (Å²) in [6.07, 6.45) is 2.04. The summed E-state index contributed by atoms with van der Waals surface area (Å²) in [6, 6.07) is 2.41. The van der Waals surface area contributed by atoms with E-state index in [1.54, 1.807) is 20.1 Å². The lowest BCUT2D eigenvalue weighted by Crippen LogP contribution is -2.34. The summed E-state index contributed by atoms with van der Waals surface area (Å²) in [7, 11) is 0. The highest BCUT2D eigenvalue weighted by atomic mass is 32.2. The maximum absolute atomic E-state index is 13.7. The predicted molar refractivity (Wildman–Crippen MR) is 60.1 cm³/mol. The zero-order valence-electron chi connectivity index (χ0n) is 9.10. The zero-order chi connectivity index (χ0) is 11.6. The molecule has 15 heavy (non-hydrogen) atoms. The van der Waals surface area contributed by atoms with Gasteiger partial charge in [-0.1, -0.05) is 0 Å². The molecule has 4 heteroatoms. The van der Waals surface area contributed by atoms with Crippen LogP contribution in [0.1, 0.15) is 19.4 Å². The normalized spacial score (nSPS) is 11.9. The van der Waals surface area contributed by atoms with Gasteiger partial charge in [-0.15, -0.1) is 11.8 Å². The van der Waals surface area contributed by atoms with Crippen molar-refractivity contribution in [2.24, 2.45) is 5.73 Å². The Kier molecular flexibility index (Phi) is 3.73. The maximum Gasteiger partial charge on any atom is 0.140 e. The standard InChI is InChI=1S/C11H15F2NS/c1-11(2,14)6-7-4-8(12)5-9(15-3)10(7)13/h4-5H,6,14H2,1-3H3. The number of benzene rings is 1. The Bertz CT molecular complexity index is 358. The predicted octanol–water partition coefficient (Wildman–Crippen LogP) is 2.97. The molecule has 0 atom stereocenters. The molecule has 0 saturated carbocycles. The summed E-state index contributed by atoms with van der Waals surface area (Å²) in [5.74, 6) is -0.776. The monoisotopic (exact) mass is 231 g/mol. The Morgan fingerprint density at radius 2 is 1.93 bits per heavy atom. The van der Waals surface area contributed by atoms with Crippen molar-refractivity contribution in [2.45, 2.75) is 30.7 Å². The van der Waals surface area contributed by atoms with Crippen molar-refractivity contribution in [1.82, 2.24) is 0 Å². The number of halogens is 2. The van der Waals surface area contributed by atoms with Crippen LogP contribution in [-0.4, -0.2) is 11.8 Å². The van der Waals surface area contributed by atoms with E-state index < -0.39 is 11.4 Å². The van der Waals surface area contributed by atoms with Gasteiger partial charge in [-0.05, 0) is 44.2 Å². The van der Waals surface area contributed by atoms with Gasteiger partial charge in [0.05, 0.1) is 0 Å². The Morgan fingerprint density at radius 1 is 1.33 bits per heavy atom. The number of thioether (sulfide) groups is 1. The molecule has 0 aliphatic carbocycles. The van der Waals surface area contributed by atoms with Gasteiger partial charge in [0.15, 0.2) is 0 Å². The van der Waals surface area contributed by atoms with Crippen LogP contribution in [0, 0.1) is 11.6 Å². The van der Waals surface area contributed by atoms with Crippen LogP contribution in [0.15, 0.2) is 17.0 Å². The van der Waals surface area contributed by atoms with E-state index in [0.717, 1.165) is 0 Å². The molecular weight excluding hydrogens is 216 g/mol. The van der Waals surface area contributed by atoms with E-state index in [-0.39, 0.29) is 5.82 Å². The molecule has 1 aromatic rings. The number of nitrogens with two attached hydrogens (primary N) is 1. The summed E-state index contributed by atoms with van der Waals surface area (Å²) in [5.41, 5.74) is 5.58. The van der Waals surface area contributed by atoms with E-state index in [1.165, 1.54) is 23.9 Å². The van der Waals surface area contributed by atoms with E-state index in [1.807, 2.05) is 0 Å². The highest BCUT2D eigenvalue weighted by Gasteiger charge is 2.17. The molecule has 0 saturated heterocycles. The highest BCUT2D eigenvalue weighted by Crippen LogP contribution is 2.25. The Hall–Kier alpha value is -0.610. The van der Waals surface area contributed by atoms with E-state index >= 15 is 0 Å². The number of rotatable bonds is 3. The molecule has 0 fully saturated rings. The van der Waals surface area contributed by atoms with Crippen LogP contribution in [-0.2, 0) is 6.42 Å². The van der Waals surface area contributed by atoms with Gasteiger partial charge in [0.1, 0.15) is 11.6 Å². The van der Waals surface area contributed by atoms with Gasteiger partial charge >= 0.3 is 0 Å². The first-order valence-corrected chi connectivity index (χ1v) is 5.87. The maximum atomic E-state index is 13.7. The van der Waals surface area contributed by atoms with Crippen molar-refractivity contribution in [3.05, 3.63) is 29.3 Å². The molecule has 1 rings (SSSR count). The van der Waals surface area contributed by atoms with Gasteiger partial charge in [-0.2, -0.15) is 0 Å². The molecule has 0 aromatic heterocycles. The van der Waals surface area contributed by atoms with Crippen LogP contribution < -0.4 is 5.73 Å². The molecule has 0 aliphatic heterocycles. The molecule has 1 aromatic carbocycles. The van der Waals surface area contributed by atoms with E-state index in [0.29, 0.717) is 16.9 Å². The quantitative estimate of drug-likeness (QED) is 0.809. The second kappa shape index (κ2) is 4.49. The van der Waals surface area contributed by atoms with Crippen molar-refractivity contribution in [2.75, 3.05) is 6.26 Å². The Balaban J connectivity index is 3.12. The molecule has 0 spiro atoms. The van der Waals surface area contributed by atoms with Gasteiger partial charge in [0.2, 0.25) is 0 Å². The SMILES string of the molecule is CSc1cc(F)cc(CC(C)(C)N)c1F. The van der Waals surface area contributed by atoms with E-state index in [9.17, 15) is 8.78 Å². The minimum absolute atomic E-state index is 0.324. The summed E-state index contributed by atoms with van der Waals surface area (Å²) >= 11 is 1.19. The topological polar surface area (TPSA) is 26.0 Å². The molecule has 0 unspecified atom stereocenters. The largest absolute Gasteiger partial charge is 0.325 e. The lowest BCUT2D eigenvalue weighted by atomic mass is 9.96. The van der Waals surface area contributed by atoms with E-state index in [4.69, 9.17) is 5.73 Å². The fourth-order valence-electron chi connectivity index (χ4n) is 1.39. The van der Waals surface area contributed by atoms with Crippen LogP contribution in [0.5, 0.6) is 0 Å². The third-order valence-corrected chi connectivity index (χ3v) is 2.68. The van der Waals surface area contributed by atoms with Crippen LogP contribution in [0.3, 0.4) is 0 Å². The van der Waals surface area contributed by atoms with Crippen LogP contribution >= 0.6 is 11.8 Å². The van der Waals surface area contributed by atoms with Crippen molar-refractivity contribution in [3.8, 4) is 0 Å². The van der Waals surface area contributed by atoms with Crippen LogP contribution in [0.2, 0.25) is 0 Å². The van der Waals surface area contributed by atoms with Crippen molar-refractivity contribution >= 4 is 11.8 Å². The van der Waals surface area contributed by atoms with Crippen molar-refractivity contribution in [1.29, 1.82) is 0 Å². The van der Waals surface area contributed by atoms with Crippen molar-refractivity contribution < 1.29 is 8.78 Å². The smallest absolute Gasteiger partial charge is 0.140 e. The summed E-state index contributed by atoms with van der Waals surface area (Å²) in [5, 5.41) is 0. The molecule has 0 amide bonds. The van der Waals surface area contributed by atoms with Gasteiger partial charge < -0.3 is 5.73 Å². The second-order valence-corrected chi connectivity index (χ2v) is 5.09. The summed E-state index contributed by atoms with van der Waals surface area (Å²) in [4.78, 5) is 0.328. The molecule has 0 radical (unpaired) electrons. The third-order valence-electron chi connectivity index (χ3n) is 1.95. The highest BCUT2D eigenvalue weighted by molar-refractivity contribution is 7.98. The molecule has 0 bridgehead atoms. The lowest BCUT2D eigenvalue weighted by molar-refractivity contribution is 0.486. The molecule has 1 nitrogen and oxygen atoms in total. The number of hydrogen-bond donors (Lipinski definition) is 1. The first-order chi connectivity index (χ1) is 6.83. The average Bonchev–Trinajstić information content (AvgIpc) is 2.08. The number of hydrogen-bond acceptors (Lipinski definition) is 2. The fraction of sp³-hybridized carbons (Fsp3) is 0.455. The zero-order valence-corrected chi connectivity index (χ0v) is 9.92. The minimum Gasteiger partial charge on any atom is -0.325 e. The molecule has 84 valence electrons. The molecule has 0 aliphatic rings. The van der Waals surface area contributed by atoms with Gasteiger partial charge in [-0.3, -0.25) is 0 Å². The molecule has 0 heterocycles. The summed E-state index contributed by atoms with van der Waals surface area (Å²) in [6.45, 7) is 3.58. The Morgan fingerprint density at radius 3 is 2.40 bits per heavy atom. The Labute approximate surface area is 93.1 Å². The fourth-order valence-corrected chi connectivity index (χ4v) is 1.93. The molecular formula is C11H15F2NS. The van der Waals surface area contributed by atoms with Gasteiger partial charge in [0.25, 0.3) is 0 Å². The summed E-state index contributed by atoms with van der Waals surface area (Å²) < 4.78 is 26.9. The lowest BCUT2D eigenvalue weighted by Gasteiger charge is -2.19. The van der Waals surface area contributed by atoms with Gasteiger partial charge in [-0.25, -0.2) is 8.78 Å². The first-order valence-electron chi connectivity index (χ1n) is 4.64. The third kappa shape index (κ3) is 3.47. The van der Waals surface area contributed by atoms with Crippen molar-refractivity contribution in [3.63, 3.8) is 0 Å². The van der Waals surface area contributed by atoms with E-state index in [2.05, 4.69) is 0 Å². The average molecular weight is 231 g/mol. The van der Waals surface area contributed by atoms with Crippen LogP contribution in [0.25, 0.3) is 0 Å².